The molecule has 0 amide bonds. The average molecular weight is 382 g/mol. The molecule has 0 atom stereocenters. The zero-order valence-electron chi connectivity index (χ0n) is 16.3. The molecule has 140 valence electrons. The van der Waals surface area contributed by atoms with E-state index in [0.29, 0.717) is 0 Å². The molecule has 0 bridgehead atoms. The third kappa shape index (κ3) is 2.08. The van der Waals surface area contributed by atoms with Crippen LogP contribution >= 0.6 is 0 Å². The Balaban J connectivity index is 1.65. The number of aromatic nitrogens is 2. The Morgan fingerprint density at radius 3 is 2.07 bits per heavy atom. The minimum Gasteiger partial charge on any atom is -0.354 e. The van der Waals surface area contributed by atoms with Crippen molar-refractivity contribution < 1.29 is 0 Å². The third-order valence-corrected chi connectivity index (χ3v) is 6.27. The zero-order valence-corrected chi connectivity index (χ0v) is 16.3. The van der Waals surface area contributed by atoms with Gasteiger partial charge in [0.05, 0.1) is 11.0 Å². The van der Waals surface area contributed by atoms with Gasteiger partial charge in [0.25, 0.3) is 0 Å². The maximum absolute atomic E-state index is 3.58. The Hall–Kier alpha value is -4.04. The number of hydrogen-bond acceptors (Lipinski definition) is 0. The lowest BCUT2D eigenvalue weighted by Gasteiger charge is -2.08. The lowest BCUT2D eigenvalue weighted by atomic mass is 10.0. The zero-order chi connectivity index (χ0) is 19.7. The van der Waals surface area contributed by atoms with Crippen molar-refractivity contribution in [1.29, 1.82) is 0 Å². The first-order chi connectivity index (χ1) is 14.9. The van der Waals surface area contributed by atoms with E-state index in [1.54, 1.807) is 0 Å². The summed E-state index contributed by atoms with van der Waals surface area (Å²) in [6, 6.07) is 37.2. The molecule has 2 heteroatoms. The van der Waals surface area contributed by atoms with E-state index in [9.17, 15) is 0 Å². The standard InChI is InChI=1S/C28H18N2/c1-2-8-20(9-3-1)30-27-13-7-5-11-22(27)24-15-18-14-23-21-10-4-6-12-25(21)29-26(23)16-19(18)17-28(24)30/h1-17,29H. The van der Waals surface area contributed by atoms with Crippen molar-refractivity contribution >= 4 is 54.4 Å². The van der Waals surface area contributed by atoms with Gasteiger partial charge < -0.3 is 9.55 Å². The first kappa shape index (κ1) is 15.8. The summed E-state index contributed by atoms with van der Waals surface area (Å²) in [5.74, 6) is 0. The molecule has 0 saturated heterocycles. The molecule has 7 rings (SSSR count). The van der Waals surface area contributed by atoms with Gasteiger partial charge >= 0.3 is 0 Å². The van der Waals surface area contributed by atoms with E-state index in [0.717, 1.165) is 0 Å². The van der Waals surface area contributed by atoms with Gasteiger partial charge in [0.2, 0.25) is 0 Å². The van der Waals surface area contributed by atoms with Crippen LogP contribution in [0, 0.1) is 0 Å². The van der Waals surface area contributed by atoms with Crippen LogP contribution in [0.1, 0.15) is 0 Å². The Bertz CT molecular complexity index is 1730. The van der Waals surface area contributed by atoms with Gasteiger partial charge in [-0.15, -0.1) is 0 Å². The van der Waals surface area contributed by atoms with Crippen molar-refractivity contribution in [2.45, 2.75) is 0 Å². The molecule has 0 saturated carbocycles. The normalized spacial score (nSPS) is 12.0. The number of rotatable bonds is 1. The van der Waals surface area contributed by atoms with Crippen LogP contribution in [0.4, 0.5) is 0 Å². The van der Waals surface area contributed by atoms with E-state index >= 15 is 0 Å². The van der Waals surface area contributed by atoms with E-state index in [-0.39, 0.29) is 0 Å². The molecule has 0 aliphatic rings. The van der Waals surface area contributed by atoms with Crippen molar-refractivity contribution in [3.8, 4) is 5.69 Å². The summed E-state index contributed by atoms with van der Waals surface area (Å²) >= 11 is 0. The molecule has 30 heavy (non-hydrogen) atoms. The molecule has 0 spiro atoms. The molecule has 0 unspecified atom stereocenters. The summed E-state index contributed by atoms with van der Waals surface area (Å²) in [5.41, 5.74) is 6.04. The predicted molar refractivity (Wildman–Crippen MR) is 128 cm³/mol. The van der Waals surface area contributed by atoms with E-state index in [1.165, 1.54) is 60.1 Å². The second kappa shape index (κ2) is 5.74. The SMILES string of the molecule is c1ccc(-n2c3ccccc3c3cc4cc5c(cc4cc32)[nH]c2ccccc25)cc1. The first-order valence-electron chi connectivity index (χ1n) is 10.3. The molecule has 0 radical (unpaired) electrons. The number of hydrogen-bond donors (Lipinski definition) is 1. The molecule has 1 N–H and O–H groups in total. The van der Waals surface area contributed by atoms with Crippen LogP contribution < -0.4 is 0 Å². The maximum atomic E-state index is 3.58. The van der Waals surface area contributed by atoms with Crippen LogP contribution in [-0.2, 0) is 0 Å². The highest BCUT2D eigenvalue weighted by Crippen LogP contribution is 2.37. The van der Waals surface area contributed by atoms with Gasteiger partial charge in [-0.1, -0.05) is 54.6 Å². The van der Waals surface area contributed by atoms with Crippen molar-refractivity contribution in [2.75, 3.05) is 0 Å². The topological polar surface area (TPSA) is 20.7 Å². The van der Waals surface area contributed by atoms with E-state index in [1.807, 2.05) is 0 Å². The van der Waals surface area contributed by atoms with Crippen molar-refractivity contribution in [2.24, 2.45) is 0 Å². The lowest BCUT2D eigenvalue weighted by molar-refractivity contribution is 1.18. The summed E-state index contributed by atoms with van der Waals surface area (Å²) in [6.45, 7) is 0. The van der Waals surface area contributed by atoms with Gasteiger partial charge in [-0.3, -0.25) is 0 Å². The Morgan fingerprint density at radius 2 is 1.17 bits per heavy atom. The number of nitrogens with zero attached hydrogens (tertiary/aromatic N) is 1. The van der Waals surface area contributed by atoms with Gasteiger partial charge in [-0.2, -0.15) is 0 Å². The van der Waals surface area contributed by atoms with Gasteiger partial charge in [-0.25, -0.2) is 0 Å². The molecule has 7 aromatic rings. The summed E-state index contributed by atoms with van der Waals surface area (Å²) in [5, 5.41) is 7.67. The molecule has 2 heterocycles. The Labute approximate surface area is 173 Å². The summed E-state index contributed by atoms with van der Waals surface area (Å²) in [4.78, 5) is 3.58. The minimum absolute atomic E-state index is 1.19. The van der Waals surface area contributed by atoms with Gasteiger partial charge in [0, 0.05) is 38.3 Å². The Morgan fingerprint density at radius 1 is 0.467 bits per heavy atom. The third-order valence-electron chi connectivity index (χ3n) is 6.27. The van der Waals surface area contributed by atoms with Crippen LogP contribution in [0.25, 0.3) is 60.1 Å². The van der Waals surface area contributed by atoms with Crippen LogP contribution in [0.2, 0.25) is 0 Å². The molecular formula is C28H18N2. The van der Waals surface area contributed by atoms with Crippen molar-refractivity contribution in [3.05, 3.63) is 103 Å². The van der Waals surface area contributed by atoms with E-state index in [4.69, 9.17) is 0 Å². The van der Waals surface area contributed by atoms with E-state index < -0.39 is 0 Å². The van der Waals surface area contributed by atoms with E-state index in [2.05, 4.69) is 113 Å². The number of benzene rings is 5. The van der Waals surface area contributed by atoms with Gasteiger partial charge in [0.15, 0.2) is 0 Å². The largest absolute Gasteiger partial charge is 0.354 e. The van der Waals surface area contributed by atoms with Crippen molar-refractivity contribution in [1.82, 2.24) is 9.55 Å². The van der Waals surface area contributed by atoms with Crippen LogP contribution in [0.5, 0.6) is 0 Å². The van der Waals surface area contributed by atoms with Gasteiger partial charge in [0.1, 0.15) is 0 Å². The fourth-order valence-electron chi connectivity index (χ4n) is 4.92. The molecular weight excluding hydrogens is 364 g/mol. The molecule has 0 aliphatic carbocycles. The minimum atomic E-state index is 1.19. The number of H-pyrrole nitrogens is 1. The molecule has 0 fully saturated rings. The monoisotopic (exact) mass is 382 g/mol. The highest BCUT2D eigenvalue weighted by molar-refractivity contribution is 6.17. The molecule has 5 aromatic carbocycles. The quantitative estimate of drug-likeness (QED) is 0.302. The van der Waals surface area contributed by atoms with Crippen molar-refractivity contribution in [3.63, 3.8) is 0 Å². The highest BCUT2D eigenvalue weighted by Gasteiger charge is 2.14. The second-order valence-corrected chi connectivity index (χ2v) is 7.97. The lowest BCUT2D eigenvalue weighted by Crippen LogP contribution is -1.92. The van der Waals surface area contributed by atoms with Crippen LogP contribution in [0.15, 0.2) is 103 Å². The fraction of sp³-hybridized carbons (Fsp3) is 0. The molecule has 2 aromatic heterocycles. The summed E-state index contributed by atoms with van der Waals surface area (Å²) in [7, 11) is 0. The number of nitrogens with one attached hydrogen (secondary N) is 1. The second-order valence-electron chi connectivity index (χ2n) is 7.97. The fourth-order valence-corrected chi connectivity index (χ4v) is 4.92. The summed E-state index contributed by atoms with van der Waals surface area (Å²) < 4.78 is 2.37. The molecule has 2 nitrogen and oxygen atoms in total. The number of para-hydroxylation sites is 3. The smallest absolute Gasteiger partial charge is 0.0547 e. The average Bonchev–Trinajstić information content (AvgIpc) is 3.31. The predicted octanol–water partition coefficient (Wildman–Crippen LogP) is 7.57. The molecule has 0 aliphatic heterocycles. The Kier molecular flexibility index (Phi) is 3.03. The maximum Gasteiger partial charge on any atom is 0.0547 e. The highest BCUT2D eigenvalue weighted by atomic mass is 15.0. The summed E-state index contributed by atoms with van der Waals surface area (Å²) in [6.07, 6.45) is 0. The van der Waals surface area contributed by atoms with Crippen LogP contribution in [-0.4, -0.2) is 9.55 Å². The first-order valence-corrected chi connectivity index (χ1v) is 10.3. The number of aromatic amines is 1. The van der Waals surface area contributed by atoms with Crippen LogP contribution in [0.3, 0.4) is 0 Å². The van der Waals surface area contributed by atoms with Gasteiger partial charge in [-0.05, 0) is 59.3 Å². The number of fused-ring (bicyclic) bond motifs is 7.